The van der Waals surface area contributed by atoms with Crippen molar-refractivity contribution in [1.82, 2.24) is 15.5 Å². The number of aromatic hydroxyl groups is 1. The Morgan fingerprint density at radius 3 is 2.25 bits per heavy atom. The van der Waals surface area contributed by atoms with Gasteiger partial charge in [-0.2, -0.15) is 12.6 Å². The molecule has 0 radical (unpaired) electrons. The molecular weight excluding hydrogens is 478 g/mol. The first-order valence-corrected chi connectivity index (χ1v) is 13.5. The third-order valence-electron chi connectivity index (χ3n) is 5.38. The topological polar surface area (TPSA) is 108 Å². The number of unbranched alkanes of at least 4 members (excludes halogenated alkanes) is 5. The number of carbonyl (C=O) groups excluding carboxylic acids is 3. The number of hydrogen-bond donors (Lipinski definition) is 4. The number of thiol groups is 1. The molecule has 204 valence electrons. The molecule has 3 N–H and O–H groups in total. The van der Waals surface area contributed by atoms with Gasteiger partial charge in [-0.25, -0.2) is 4.79 Å². The number of nitrogens with one attached hydrogen (secondary N) is 2. The third-order valence-corrected chi connectivity index (χ3v) is 5.75. The number of phenolic OH excluding ortho intramolecular Hbond substituents is 1. The van der Waals surface area contributed by atoms with Gasteiger partial charge in [-0.1, -0.05) is 51.2 Å². The number of nitrogens with zero attached hydrogens (tertiary/aromatic N) is 1. The summed E-state index contributed by atoms with van der Waals surface area (Å²) in [5.41, 5.74) is -0.240. The monoisotopic (exact) mass is 523 g/mol. The predicted octanol–water partition coefficient (Wildman–Crippen LogP) is 4.97. The van der Waals surface area contributed by atoms with Crippen LogP contribution in [0.2, 0.25) is 0 Å². The van der Waals surface area contributed by atoms with Crippen molar-refractivity contribution in [2.75, 3.05) is 12.3 Å². The van der Waals surface area contributed by atoms with Crippen LogP contribution in [-0.2, 0) is 14.3 Å². The maximum absolute atomic E-state index is 13.8. The van der Waals surface area contributed by atoms with Crippen LogP contribution in [0, 0.1) is 0 Å². The molecule has 0 aliphatic carbocycles. The number of carbonyl (C=O) groups is 3. The first-order chi connectivity index (χ1) is 16.9. The van der Waals surface area contributed by atoms with E-state index < -0.39 is 29.7 Å². The molecule has 0 aromatic heterocycles. The van der Waals surface area contributed by atoms with E-state index in [0.717, 1.165) is 32.1 Å². The lowest BCUT2D eigenvalue weighted by Gasteiger charge is -2.34. The van der Waals surface area contributed by atoms with Crippen LogP contribution in [0.3, 0.4) is 0 Å². The molecule has 0 bridgehead atoms. The van der Waals surface area contributed by atoms with E-state index >= 15 is 0 Å². The van der Waals surface area contributed by atoms with Crippen LogP contribution in [0.25, 0.3) is 0 Å². The minimum absolute atomic E-state index is 0.000522. The fourth-order valence-corrected chi connectivity index (χ4v) is 4.04. The molecule has 1 rings (SSSR count). The van der Waals surface area contributed by atoms with Crippen molar-refractivity contribution in [2.24, 2.45) is 0 Å². The highest BCUT2D eigenvalue weighted by atomic mass is 32.1. The molecule has 1 aromatic carbocycles. The Morgan fingerprint density at radius 1 is 1.06 bits per heavy atom. The summed E-state index contributed by atoms with van der Waals surface area (Å²) < 4.78 is 5.33. The second-order valence-corrected chi connectivity index (χ2v) is 10.7. The van der Waals surface area contributed by atoms with Crippen molar-refractivity contribution < 1.29 is 24.2 Å². The second-order valence-electron chi connectivity index (χ2n) is 10.3. The summed E-state index contributed by atoms with van der Waals surface area (Å²) in [4.78, 5) is 41.1. The van der Waals surface area contributed by atoms with Gasteiger partial charge >= 0.3 is 6.09 Å². The molecule has 0 saturated carbocycles. The number of phenols is 1. The molecule has 0 fully saturated rings. The van der Waals surface area contributed by atoms with Crippen molar-refractivity contribution in [1.29, 1.82) is 0 Å². The van der Waals surface area contributed by atoms with Gasteiger partial charge in [0.2, 0.25) is 11.8 Å². The van der Waals surface area contributed by atoms with Gasteiger partial charge < -0.3 is 25.4 Å². The highest BCUT2D eigenvalue weighted by molar-refractivity contribution is 7.80. The molecular formula is C27H45N3O5S. The lowest BCUT2D eigenvalue weighted by molar-refractivity contribution is -0.142. The molecule has 9 heteroatoms. The smallest absolute Gasteiger partial charge is 0.408 e. The van der Waals surface area contributed by atoms with Crippen LogP contribution in [-0.4, -0.2) is 57.9 Å². The molecule has 3 amide bonds. The molecule has 0 heterocycles. The Balaban J connectivity index is 3.30. The normalized spacial score (nSPS) is 13.1. The number of rotatable bonds is 14. The highest BCUT2D eigenvalue weighted by Gasteiger charge is 2.36. The summed E-state index contributed by atoms with van der Waals surface area (Å²) in [6, 6.07) is 4.24. The van der Waals surface area contributed by atoms with Gasteiger partial charge in [-0.05, 0) is 58.7 Å². The molecule has 0 aliphatic heterocycles. The average molecular weight is 524 g/mol. The van der Waals surface area contributed by atoms with Crippen LogP contribution >= 0.6 is 12.6 Å². The Hall–Kier alpha value is -2.42. The van der Waals surface area contributed by atoms with E-state index in [1.54, 1.807) is 32.9 Å². The van der Waals surface area contributed by atoms with Gasteiger partial charge in [0.05, 0.1) is 0 Å². The van der Waals surface area contributed by atoms with Gasteiger partial charge in [0.25, 0.3) is 0 Å². The quantitative estimate of drug-likeness (QED) is 0.203. The molecule has 36 heavy (non-hydrogen) atoms. The fourth-order valence-electron chi connectivity index (χ4n) is 3.80. The zero-order valence-corrected chi connectivity index (χ0v) is 23.6. The van der Waals surface area contributed by atoms with Crippen LogP contribution in [0.15, 0.2) is 24.3 Å². The predicted molar refractivity (Wildman–Crippen MR) is 146 cm³/mol. The fraction of sp³-hybridized carbons (Fsp3) is 0.667. The van der Waals surface area contributed by atoms with Crippen LogP contribution < -0.4 is 10.6 Å². The third kappa shape index (κ3) is 11.5. The second kappa shape index (κ2) is 15.6. The average Bonchev–Trinajstić information content (AvgIpc) is 2.76. The van der Waals surface area contributed by atoms with Crippen molar-refractivity contribution in [3.63, 3.8) is 0 Å². The maximum Gasteiger partial charge on any atom is 0.408 e. The molecule has 1 aromatic rings. The van der Waals surface area contributed by atoms with E-state index in [1.165, 1.54) is 17.0 Å². The van der Waals surface area contributed by atoms with Crippen molar-refractivity contribution >= 4 is 30.5 Å². The molecule has 0 aliphatic rings. The van der Waals surface area contributed by atoms with Gasteiger partial charge in [-0.15, -0.1) is 0 Å². The van der Waals surface area contributed by atoms with Crippen LogP contribution in [0.5, 0.6) is 5.75 Å². The van der Waals surface area contributed by atoms with Gasteiger partial charge in [0, 0.05) is 18.3 Å². The standard InChI is InChI=1S/C27H45N3O5S/c1-7-8-9-10-11-12-16-30(25(33)22(18-36)29-26(34)35-27(4,5)6)23(24(32)28-19(2)3)20-14-13-15-21(31)17-20/h13-15,17,19,22-23,31,36H,7-12,16,18H2,1-6H3,(H,28,32)(H,29,34). The number of benzene rings is 1. The van der Waals surface area contributed by atoms with E-state index in [-0.39, 0.29) is 23.5 Å². The highest BCUT2D eigenvalue weighted by Crippen LogP contribution is 2.26. The van der Waals surface area contributed by atoms with Gasteiger partial charge in [0.15, 0.2) is 0 Å². The number of ether oxygens (including phenoxy) is 1. The molecule has 8 nitrogen and oxygen atoms in total. The summed E-state index contributed by atoms with van der Waals surface area (Å²) in [5.74, 6) is -0.759. The van der Waals surface area contributed by atoms with E-state index in [1.807, 2.05) is 13.8 Å². The summed E-state index contributed by atoms with van der Waals surface area (Å²) in [6.45, 7) is 11.4. The SMILES string of the molecule is CCCCCCCCN(C(=O)C(CS)NC(=O)OC(C)(C)C)C(C(=O)NC(C)C)c1cccc(O)c1. The number of amides is 3. The first-order valence-electron chi connectivity index (χ1n) is 12.9. The Labute approximate surface area is 222 Å². The van der Waals surface area contributed by atoms with E-state index in [4.69, 9.17) is 4.74 Å². The summed E-state index contributed by atoms with van der Waals surface area (Å²) in [6.07, 6.45) is 5.34. The maximum atomic E-state index is 13.8. The van der Waals surface area contributed by atoms with Crippen molar-refractivity contribution in [3.05, 3.63) is 29.8 Å². The number of hydrogen-bond acceptors (Lipinski definition) is 6. The van der Waals surface area contributed by atoms with E-state index in [2.05, 4.69) is 30.2 Å². The summed E-state index contributed by atoms with van der Waals surface area (Å²) in [5, 5.41) is 15.6. The molecule has 0 spiro atoms. The summed E-state index contributed by atoms with van der Waals surface area (Å²) in [7, 11) is 0. The Morgan fingerprint density at radius 2 is 1.69 bits per heavy atom. The van der Waals surface area contributed by atoms with Gasteiger partial charge in [0.1, 0.15) is 23.4 Å². The lowest BCUT2D eigenvalue weighted by atomic mass is 10.0. The Kier molecular flexibility index (Phi) is 13.7. The van der Waals surface area contributed by atoms with Crippen molar-refractivity contribution in [2.45, 2.75) is 104 Å². The number of alkyl carbamates (subject to hydrolysis) is 1. The zero-order valence-electron chi connectivity index (χ0n) is 22.7. The first kappa shape index (κ1) is 31.6. The van der Waals surface area contributed by atoms with Crippen molar-refractivity contribution in [3.8, 4) is 5.75 Å². The van der Waals surface area contributed by atoms with Crippen LogP contribution in [0.4, 0.5) is 4.79 Å². The Bertz CT molecular complexity index is 841. The van der Waals surface area contributed by atoms with Gasteiger partial charge in [-0.3, -0.25) is 9.59 Å². The zero-order chi connectivity index (χ0) is 27.3. The molecule has 2 unspecified atom stereocenters. The summed E-state index contributed by atoms with van der Waals surface area (Å²) >= 11 is 4.30. The van der Waals surface area contributed by atoms with E-state index in [0.29, 0.717) is 18.5 Å². The van der Waals surface area contributed by atoms with E-state index in [9.17, 15) is 19.5 Å². The van der Waals surface area contributed by atoms with Crippen LogP contribution in [0.1, 0.15) is 91.7 Å². The lowest BCUT2D eigenvalue weighted by Crippen LogP contribution is -2.54. The minimum Gasteiger partial charge on any atom is -0.508 e. The largest absolute Gasteiger partial charge is 0.508 e. The minimum atomic E-state index is -0.991. The molecule has 2 atom stereocenters. The molecule has 0 saturated heterocycles.